The lowest BCUT2D eigenvalue weighted by molar-refractivity contribution is -0.192. The molecule has 8 nitrogen and oxygen atoms in total. The number of anilines is 1. The molecule has 4 heterocycles. The maximum Gasteiger partial charge on any atom is 0.490 e. The van der Waals surface area contributed by atoms with Crippen molar-refractivity contribution in [3.05, 3.63) is 42.1 Å². The number of carboxylic acids is 1. The van der Waals surface area contributed by atoms with Gasteiger partial charge in [0.2, 0.25) is 5.95 Å². The molecule has 2 fully saturated rings. The average molecular weight is 412 g/mol. The van der Waals surface area contributed by atoms with Gasteiger partial charge in [-0.2, -0.15) is 13.2 Å². The van der Waals surface area contributed by atoms with Crippen LogP contribution in [0.2, 0.25) is 0 Å². The summed E-state index contributed by atoms with van der Waals surface area (Å²) in [5.41, 5.74) is 0. The number of carbonyl (C=O) groups excluding carboxylic acids is 1. The van der Waals surface area contributed by atoms with Crippen LogP contribution in [-0.2, 0) is 4.79 Å². The number of amides is 1. The topological polar surface area (TPSA) is 99.8 Å². The first-order valence-electron chi connectivity index (χ1n) is 8.83. The Bertz CT molecular complexity index is 857. The largest absolute Gasteiger partial charge is 0.490 e. The molecule has 29 heavy (non-hydrogen) atoms. The number of carbonyl (C=O) groups is 2. The van der Waals surface area contributed by atoms with Crippen LogP contribution in [0, 0.1) is 18.8 Å². The van der Waals surface area contributed by atoms with Gasteiger partial charge in [-0.05, 0) is 25.1 Å². The summed E-state index contributed by atoms with van der Waals surface area (Å²) >= 11 is 0. The third-order valence-corrected chi connectivity index (χ3v) is 4.80. The fourth-order valence-corrected chi connectivity index (χ4v) is 3.48. The molecule has 11 heteroatoms. The van der Waals surface area contributed by atoms with Crippen LogP contribution in [0.25, 0.3) is 0 Å². The van der Waals surface area contributed by atoms with Gasteiger partial charge in [-0.15, -0.1) is 0 Å². The first kappa shape index (κ1) is 20.6. The molecule has 0 aromatic carbocycles. The van der Waals surface area contributed by atoms with Gasteiger partial charge in [0, 0.05) is 50.4 Å². The second-order valence-corrected chi connectivity index (χ2v) is 6.90. The predicted molar refractivity (Wildman–Crippen MR) is 94.3 cm³/mol. The number of furan rings is 1. The minimum atomic E-state index is -5.08. The maximum absolute atomic E-state index is 12.4. The summed E-state index contributed by atoms with van der Waals surface area (Å²) in [6, 6.07) is 5.42. The number of aromatic nitrogens is 2. The predicted octanol–water partition coefficient (Wildman–Crippen LogP) is 2.22. The lowest BCUT2D eigenvalue weighted by atomic mass is 10.0. The van der Waals surface area contributed by atoms with Crippen molar-refractivity contribution in [1.29, 1.82) is 0 Å². The zero-order chi connectivity index (χ0) is 21.2. The van der Waals surface area contributed by atoms with E-state index >= 15 is 0 Å². The minimum absolute atomic E-state index is 0.00464. The second kappa shape index (κ2) is 8.10. The third kappa shape index (κ3) is 4.84. The van der Waals surface area contributed by atoms with Crippen molar-refractivity contribution in [1.82, 2.24) is 14.9 Å². The lowest BCUT2D eigenvalue weighted by Crippen LogP contribution is -2.33. The zero-order valence-electron chi connectivity index (χ0n) is 15.5. The number of fused-ring (bicyclic) bond motifs is 1. The van der Waals surface area contributed by atoms with Crippen molar-refractivity contribution in [2.75, 3.05) is 31.1 Å². The van der Waals surface area contributed by atoms with Crippen LogP contribution in [0.5, 0.6) is 0 Å². The van der Waals surface area contributed by atoms with Crippen LogP contribution in [0.3, 0.4) is 0 Å². The quantitative estimate of drug-likeness (QED) is 0.807. The van der Waals surface area contributed by atoms with Crippen molar-refractivity contribution in [3.8, 4) is 0 Å². The average Bonchev–Trinajstić information content (AvgIpc) is 3.36. The molecule has 2 saturated heterocycles. The van der Waals surface area contributed by atoms with E-state index in [2.05, 4.69) is 14.9 Å². The van der Waals surface area contributed by atoms with Gasteiger partial charge in [-0.1, -0.05) is 0 Å². The molecule has 2 aliphatic rings. The van der Waals surface area contributed by atoms with Gasteiger partial charge < -0.3 is 19.3 Å². The molecule has 0 radical (unpaired) electrons. The fourth-order valence-electron chi connectivity index (χ4n) is 3.48. The molecule has 2 unspecified atom stereocenters. The molecule has 0 bridgehead atoms. The van der Waals surface area contributed by atoms with E-state index in [1.54, 1.807) is 18.5 Å². The maximum atomic E-state index is 12.4. The first-order chi connectivity index (χ1) is 13.6. The number of likely N-dealkylation sites (tertiary alicyclic amines) is 1. The highest BCUT2D eigenvalue weighted by molar-refractivity contribution is 5.91. The standard InChI is InChI=1S/C16H18N4O2.C2HF3O2/c1-11-3-4-14(22-11)15(21)19-7-12-9-20(10-13(12)8-19)16-17-5-2-6-18-16;3-2(4,5)1(6)7/h2-6,12-13H,7-10H2,1H3;(H,6,7). The highest BCUT2D eigenvalue weighted by Crippen LogP contribution is 2.33. The number of alkyl halides is 3. The second-order valence-electron chi connectivity index (χ2n) is 6.90. The van der Waals surface area contributed by atoms with Crippen molar-refractivity contribution < 1.29 is 32.3 Å². The Hall–Kier alpha value is -3.11. The number of aryl methyl sites for hydroxylation is 1. The smallest absolute Gasteiger partial charge is 0.475 e. The van der Waals surface area contributed by atoms with E-state index < -0.39 is 12.1 Å². The van der Waals surface area contributed by atoms with Crippen LogP contribution >= 0.6 is 0 Å². The number of nitrogens with zero attached hydrogens (tertiary/aromatic N) is 4. The van der Waals surface area contributed by atoms with E-state index in [9.17, 15) is 18.0 Å². The highest BCUT2D eigenvalue weighted by Gasteiger charge is 2.43. The lowest BCUT2D eigenvalue weighted by Gasteiger charge is -2.21. The van der Waals surface area contributed by atoms with Gasteiger partial charge >= 0.3 is 12.1 Å². The molecule has 1 amide bonds. The Balaban J connectivity index is 0.000000298. The van der Waals surface area contributed by atoms with E-state index in [1.807, 2.05) is 24.0 Å². The molecule has 2 aromatic rings. The number of rotatable bonds is 2. The molecule has 2 aliphatic heterocycles. The minimum Gasteiger partial charge on any atom is -0.475 e. The molecule has 2 atom stereocenters. The van der Waals surface area contributed by atoms with Gasteiger partial charge in [-0.3, -0.25) is 4.79 Å². The summed E-state index contributed by atoms with van der Waals surface area (Å²) in [6.45, 7) is 5.25. The SMILES string of the molecule is Cc1ccc(C(=O)N2CC3CN(c4ncccn4)CC3C2)o1.O=C(O)C(F)(F)F. The Kier molecular flexibility index (Phi) is 5.76. The van der Waals surface area contributed by atoms with Crippen LogP contribution in [0.1, 0.15) is 16.3 Å². The Labute approximate surface area is 163 Å². The molecular formula is C18H19F3N4O4. The summed E-state index contributed by atoms with van der Waals surface area (Å²) in [4.78, 5) is 34.1. The highest BCUT2D eigenvalue weighted by atomic mass is 19.4. The molecule has 156 valence electrons. The number of hydrogen-bond donors (Lipinski definition) is 1. The Morgan fingerprint density at radius 2 is 1.66 bits per heavy atom. The monoisotopic (exact) mass is 412 g/mol. The first-order valence-corrected chi connectivity index (χ1v) is 8.83. The van der Waals surface area contributed by atoms with Gasteiger partial charge in [-0.25, -0.2) is 14.8 Å². The summed E-state index contributed by atoms with van der Waals surface area (Å²) in [5, 5.41) is 7.12. The number of aliphatic carboxylic acids is 1. The van der Waals surface area contributed by atoms with Crippen molar-refractivity contribution in [2.45, 2.75) is 13.1 Å². The van der Waals surface area contributed by atoms with Crippen LogP contribution in [0.4, 0.5) is 19.1 Å². The van der Waals surface area contributed by atoms with Gasteiger partial charge in [0.15, 0.2) is 5.76 Å². The van der Waals surface area contributed by atoms with Gasteiger partial charge in [0.25, 0.3) is 5.91 Å². The van der Waals surface area contributed by atoms with Gasteiger partial charge in [0.05, 0.1) is 0 Å². The Morgan fingerprint density at radius 1 is 1.10 bits per heavy atom. The van der Waals surface area contributed by atoms with E-state index in [4.69, 9.17) is 14.3 Å². The summed E-state index contributed by atoms with van der Waals surface area (Å²) in [7, 11) is 0. The van der Waals surface area contributed by atoms with Crippen LogP contribution < -0.4 is 4.90 Å². The van der Waals surface area contributed by atoms with E-state index in [0.29, 0.717) is 17.6 Å². The van der Waals surface area contributed by atoms with Crippen molar-refractivity contribution >= 4 is 17.8 Å². The number of halogens is 3. The van der Waals surface area contributed by atoms with Crippen LogP contribution in [0.15, 0.2) is 35.0 Å². The zero-order valence-corrected chi connectivity index (χ0v) is 15.5. The molecule has 2 aromatic heterocycles. The van der Waals surface area contributed by atoms with E-state index in [1.165, 1.54) is 0 Å². The van der Waals surface area contributed by atoms with Crippen molar-refractivity contribution in [3.63, 3.8) is 0 Å². The molecule has 0 saturated carbocycles. The number of hydrogen-bond acceptors (Lipinski definition) is 6. The molecule has 4 rings (SSSR count). The van der Waals surface area contributed by atoms with E-state index in [-0.39, 0.29) is 5.91 Å². The summed E-state index contributed by atoms with van der Waals surface area (Å²) in [6.07, 6.45) is -1.54. The third-order valence-electron chi connectivity index (χ3n) is 4.80. The molecule has 0 spiro atoms. The normalized spacial score (nSPS) is 20.8. The van der Waals surface area contributed by atoms with Gasteiger partial charge in [0.1, 0.15) is 5.76 Å². The molecule has 0 aliphatic carbocycles. The van der Waals surface area contributed by atoms with Crippen molar-refractivity contribution in [2.24, 2.45) is 11.8 Å². The Morgan fingerprint density at radius 3 is 2.10 bits per heavy atom. The fraction of sp³-hybridized carbons (Fsp3) is 0.444. The number of carboxylic acid groups (broad SMARTS) is 1. The summed E-state index contributed by atoms with van der Waals surface area (Å²) < 4.78 is 37.2. The van der Waals surface area contributed by atoms with E-state index in [0.717, 1.165) is 37.9 Å². The molecule has 1 N–H and O–H groups in total. The van der Waals surface area contributed by atoms with Crippen LogP contribution in [-0.4, -0.2) is 64.2 Å². The molecular weight excluding hydrogens is 393 g/mol. The summed E-state index contributed by atoms with van der Waals surface area (Å²) in [5.74, 6) is 0.234.